The van der Waals surface area contributed by atoms with Crippen LogP contribution in [0.25, 0.3) is 10.8 Å². The van der Waals surface area contributed by atoms with E-state index in [-0.39, 0.29) is 35.2 Å². The Morgan fingerprint density at radius 3 is 1.87 bits per heavy atom. The lowest BCUT2D eigenvalue weighted by Gasteiger charge is -2.38. The van der Waals surface area contributed by atoms with Gasteiger partial charge < -0.3 is 14.9 Å². The van der Waals surface area contributed by atoms with Gasteiger partial charge in [0.1, 0.15) is 0 Å². The first kappa shape index (κ1) is 41.8. The summed E-state index contributed by atoms with van der Waals surface area (Å²) in [4.78, 5) is 45.7. The van der Waals surface area contributed by atoms with E-state index in [0.29, 0.717) is 48.1 Å². The van der Waals surface area contributed by atoms with E-state index in [1.165, 1.54) is 18.2 Å². The molecule has 0 aromatic heterocycles. The molecule has 8 nitrogen and oxygen atoms in total. The van der Waals surface area contributed by atoms with Crippen LogP contribution in [0.2, 0.25) is 0 Å². The van der Waals surface area contributed by atoms with Gasteiger partial charge in [-0.2, -0.15) is 13.2 Å². The molecular formula is C41H52ClF3N4O4. The minimum Gasteiger partial charge on any atom is -0.480 e. The van der Waals surface area contributed by atoms with E-state index in [1.807, 2.05) is 47.9 Å². The summed E-state index contributed by atoms with van der Waals surface area (Å²) in [5.74, 6) is -0.210. The number of carbonyl (C=O) groups is 3. The van der Waals surface area contributed by atoms with Crippen LogP contribution >= 0.6 is 11.6 Å². The summed E-state index contributed by atoms with van der Waals surface area (Å²) < 4.78 is 40.7. The van der Waals surface area contributed by atoms with Crippen molar-refractivity contribution in [3.05, 3.63) is 94.5 Å². The number of aliphatic carboxylic acids is 1. The van der Waals surface area contributed by atoms with Crippen molar-refractivity contribution in [3.8, 4) is 0 Å². The molecule has 0 bridgehead atoms. The van der Waals surface area contributed by atoms with Gasteiger partial charge in [0, 0.05) is 62.0 Å². The van der Waals surface area contributed by atoms with Gasteiger partial charge in [0.05, 0.1) is 12.1 Å². The number of amides is 2. The number of carbonyl (C=O) groups excluding carboxylic acids is 2. The van der Waals surface area contributed by atoms with E-state index in [4.69, 9.17) is 16.7 Å². The quantitative estimate of drug-likeness (QED) is 0.262. The first-order valence-electron chi connectivity index (χ1n) is 18.5. The van der Waals surface area contributed by atoms with Crippen LogP contribution in [0.5, 0.6) is 0 Å². The highest BCUT2D eigenvalue weighted by Gasteiger charge is 2.33. The molecule has 0 spiro atoms. The Labute approximate surface area is 316 Å². The molecule has 0 aliphatic carbocycles. The summed E-state index contributed by atoms with van der Waals surface area (Å²) in [5, 5.41) is 9.99. The average Bonchev–Trinajstić information content (AvgIpc) is 3.15. The fraction of sp³-hybridized carbons (Fsp3) is 0.488. The molecule has 3 aromatic rings. The standard InChI is InChI=1S/C36H41F3N4O4.C3H5Cl.C2H6/c37-36(38,39)32-6-2-3-29-30(32)4-1-5-31(29)35(47)42-17-13-27(14-18-42)26-7-9-28(10-8-26)34(46)43-21-19-41(20-22-43)23-25-11-15-40(16-12-25)24-33(44)45;1-3(2)4;1-2/h1-10,25,27H,11-24H2,(H,44,45);1H2,2H3;1-2H3. The lowest BCUT2D eigenvalue weighted by molar-refractivity contribution is -0.139. The van der Waals surface area contributed by atoms with Gasteiger partial charge in [-0.3, -0.25) is 24.2 Å². The molecule has 3 aliphatic heterocycles. The first-order chi connectivity index (χ1) is 25.3. The number of allylic oxidation sites excluding steroid dienone is 1. The number of likely N-dealkylation sites (tertiary alicyclic amines) is 2. The molecule has 0 atom stereocenters. The van der Waals surface area contributed by atoms with Crippen molar-refractivity contribution < 1.29 is 32.7 Å². The summed E-state index contributed by atoms with van der Waals surface area (Å²) in [6.07, 6.45) is -1.02. The number of hydrogen-bond acceptors (Lipinski definition) is 5. The highest BCUT2D eigenvalue weighted by molar-refractivity contribution is 6.28. The number of nitrogens with zero attached hydrogens (tertiary/aromatic N) is 4. The van der Waals surface area contributed by atoms with E-state index in [1.54, 1.807) is 24.0 Å². The fourth-order valence-electron chi connectivity index (χ4n) is 7.43. The molecule has 12 heteroatoms. The maximum Gasteiger partial charge on any atom is 0.417 e. The minimum absolute atomic E-state index is 0.0300. The number of piperidine rings is 2. The molecule has 288 valence electrons. The monoisotopic (exact) mass is 756 g/mol. The topological polar surface area (TPSA) is 84.4 Å². The molecule has 3 aliphatic rings. The second-order valence-electron chi connectivity index (χ2n) is 13.8. The number of benzene rings is 3. The number of halogens is 4. The zero-order chi connectivity index (χ0) is 38.7. The Morgan fingerprint density at radius 2 is 1.30 bits per heavy atom. The van der Waals surface area contributed by atoms with E-state index in [9.17, 15) is 27.6 Å². The van der Waals surface area contributed by atoms with Crippen LogP contribution in [0.15, 0.2) is 72.3 Å². The molecule has 6 rings (SSSR count). The SMILES string of the molecule is C=C(C)Cl.CC.O=C(O)CN1CCC(CN2CCN(C(=O)c3ccc(C4CCN(C(=O)c5cccc6c(C(F)(F)F)cccc56)CC4)cc3)CC2)CC1. The Kier molecular flexibility index (Phi) is 15.3. The largest absolute Gasteiger partial charge is 0.480 e. The first-order valence-corrected chi connectivity index (χ1v) is 18.9. The van der Waals surface area contributed by atoms with Gasteiger partial charge in [0.25, 0.3) is 11.8 Å². The highest BCUT2D eigenvalue weighted by Crippen LogP contribution is 2.36. The summed E-state index contributed by atoms with van der Waals surface area (Å²) >= 11 is 5.08. The van der Waals surface area contributed by atoms with E-state index < -0.39 is 17.7 Å². The maximum atomic E-state index is 13.6. The smallest absolute Gasteiger partial charge is 0.417 e. The van der Waals surface area contributed by atoms with Crippen LogP contribution < -0.4 is 0 Å². The minimum atomic E-state index is -4.50. The van der Waals surface area contributed by atoms with Crippen LogP contribution in [0.3, 0.4) is 0 Å². The number of piperazine rings is 1. The lowest BCUT2D eigenvalue weighted by atomic mass is 9.88. The normalized spacial score (nSPS) is 17.7. The molecule has 0 saturated carbocycles. The van der Waals surface area contributed by atoms with Crippen LogP contribution in [0.1, 0.15) is 84.2 Å². The number of hydrogen-bond donors (Lipinski definition) is 1. The summed E-state index contributed by atoms with van der Waals surface area (Å²) in [6.45, 7) is 15.8. The van der Waals surface area contributed by atoms with Crippen molar-refractivity contribution in [2.75, 3.05) is 65.4 Å². The zero-order valence-corrected chi connectivity index (χ0v) is 31.8. The van der Waals surface area contributed by atoms with Crippen molar-refractivity contribution >= 4 is 40.2 Å². The zero-order valence-electron chi connectivity index (χ0n) is 31.0. The third-order valence-corrected chi connectivity index (χ3v) is 10.1. The molecule has 3 aromatic carbocycles. The number of rotatable bonds is 7. The highest BCUT2D eigenvalue weighted by atomic mass is 35.5. The van der Waals surface area contributed by atoms with Crippen molar-refractivity contribution in [2.24, 2.45) is 5.92 Å². The van der Waals surface area contributed by atoms with Gasteiger partial charge in [-0.15, -0.1) is 0 Å². The summed E-state index contributed by atoms with van der Waals surface area (Å²) in [7, 11) is 0. The number of alkyl halides is 3. The Bertz CT molecular complexity index is 1690. The average molecular weight is 757 g/mol. The van der Waals surface area contributed by atoms with Crippen molar-refractivity contribution in [3.63, 3.8) is 0 Å². The third kappa shape index (κ3) is 11.5. The summed E-state index contributed by atoms with van der Waals surface area (Å²) in [6, 6.07) is 16.3. The molecule has 2 amide bonds. The molecular weight excluding hydrogens is 705 g/mol. The van der Waals surface area contributed by atoms with Crippen LogP contribution in [0.4, 0.5) is 13.2 Å². The molecule has 3 saturated heterocycles. The van der Waals surface area contributed by atoms with E-state index in [0.717, 1.165) is 70.0 Å². The summed E-state index contributed by atoms with van der Waals surface area (Å²) in [5.41, 5.74) is 1.33. The third-order valence-electron chi connectivity index (χ3n) is 10.1. The van der Waals surface area contributed by atoms with Gasteiger partial charge in [0.15, 0.2) is 0 Å². The lowest BCUT2D eigenvalue weighted by Crippen LogP contribution is -2.50. The molecule has 3 heterocycles. The van der Waals surface area contributed by atoms with Crippen LogP contribution in [-0.4, -0.2) is 108 Å². The van der Waals surface area contributed by atoms with Gasteiger partial charge in [-0.05, 0) is 98.1 Å². The van der Waals surface area contributed by atoms with E-state index >= 15 is 0 Å². The number of carboxylic acids is 1. The number of carboxylic acid groups (broad SMARTS) is 1. The second-order valence-corrected chi connectivity index (χ2v) is 14.4. The molecule has 0 radical (unpaired) electrons. The van der Waals surface area contributed by atoms with Crippen LogP contribution in [0, 0.1) is 5.92 Å². The van der Waals surface area contributed by atoms with Crippen molar-refractivity contribution in [1.82, 2.24) is 19.6 Å². The predicted octanol–water partition coefficient (Wildman–Crippen LogP) is 8.22. The van der Waals surface area contributed by atoms with Crippen LogP contribution in [-0.2, 0) is 11.0 Å². The molecule has 3 fully saturated rings. The van der Waals surface area contributed by atoms with Gasteiger partial charge in [-0.1, -0.05) is 68.4 Å². The van der Waals surface area contributed by atoms with Crippen molar-refractivity contribution in [2.45, 2.75) is 58.5 Å². The van der Waals surface area contributed by atoms with E-state index in [2.05, 4.69) is 11.5 Å². The van der Waals surface area contributed by atoms with Crippen molar-refractivity contribution in [1.29, 1.82) is 0 Å². The Balaban J connectivity index is 0.000000980. The molecule has 0 unspecified atom stereocenters. The maximum absolute atomic E-state index is 13.6. The Hall–Kier alpha value is -3.93. The molecule has 53 heavy (non-hydrogen) atoms. The number of fused-ring (bicyclic) bond motifs is 1. The second kappa shape index (κ2) is 19.4. The van der Waals surface area contributed by atoms with Gasteiger partial charge >= 0.3 is 12.1 Å². The molecule has 1 N–H and O–H groups in total. The van der Waals surface area contributed by atoms with Gasteiger partial charge in [0.2, 0.25) is 0 Å². The fourth-order valence-corrected chi connectivity index (χ4v) is 7.43. The predicted molar refractivity (Wildman–Crippen MR) is 204 cm³/mol. The van der Waals surface area contributed by atoms with Gasteiger partial charge in [-0.25, -0.2) is 0 Å². The Morgan fingerprint density at radius 1 is 0.755 bits per heavy atom.